The highest BCUT2D eigenvalue weighted by atomic mass is 32.1. The number of aromatic hydroxyl groups is 1. The van der Waals surface area contributed by atoms with Gasteiger partial charge in [-0.25, -0.2) is 0 Å². The lowest BCUT2D eigenvalue weighted by molar-refractivity contribution is -0.137. The molecule has 0 aliphatic heterocycles. The quantitative estimate of drug-likeness (QED) is 0.779. The van der Waals surface area contributed by atoms with Crippen molar-refractivity contribution in [3.63, 3.8) is 0 Å². The molecule has 0 radical (unpaired) electrons. The highest BCUT2D eigenvalue weighted by Crippen LogP contribution is 2.35. The summed E-state index contributed by atoms with van der Waals surface area (Å²) in [6.45, 7) is 0. The summed E-state index contributed by atoms with van der Waals surface area (Å²) in [6, 6.07) is 5.05. The largest absolute Gasteiger partial charge is 0.507 e. The molecule has 0 fully saturated rings. The van der Waals surface area contributed by atoms with E-state index in [1.807, 2.05) is 17.5 Å². The van der Waals surface area contributed by atoms with Gasteiger partial charge in [0.1, 0.15) is 5.75 Å². The number of phenolic OH excluding ortho intramolecular Hbond substituents is 1. The molecule has 0 amide bonds. The number of rotatable bonds is 4. The van der Waals surface area contributed by atoms with Gasteiger partial charge in [-0.2, -0.15) is 0 Å². The van der Waals surface area contributed by atoms with Crippen molar-refractivity contribution in [1.29, 1.82) is 0 Å². The van der Waals surface area contributed by atoms with Crippen molar-refractivity contribution in [3.05, 3.63) is 29.1 Å². The van der Waals surface area contributed by atoms with Crippen LogP contribution in [0.1, 0.15) is 24.4 Å². The molecule has 0 aliphatic carbocycles. The maximum atomic E-state index is 10.5. The molecule has 1 heterocycles. The second-order valence-corrected chi connectivity index (χ2v) is 4.82. The minimum Gasteiger partial charge on any atom is -0.507 e. The number of fused-ring (bicyclic) bond motifs is 1. The van der Waals surface area contributed by atoms with Crippen molar-refractivity contribution in [2.75, 3.05) is 0 Å². The molecule has 0 saturated carbocycles. The van der Waals surface area contributed by atoms with Gasteiger partial charge in [-0.3, -0.25) is 4.79 Å². The molecule has 5 heteroatoms. The second kappa shape index (κ2) is 4.73. The van der Waals surface area contributed by atoms with Crippen LogP contribution in [-0.4, -0.2) is 16.2 Å². The molecule has 4 nitrogen and oxygen atoms in total. The zero-order chi connectivity index (χ0) is 12.4. The van der Waals surface area contributed by atoms with Gasteiger partial charge in [0, 0.05) is 28.1 Å². The monoisotopic (exact) mass is 251 g/mol. The van der Waals surface area contributed by atoms with E-state index in [1.54, 1.807) is 17.4 Å². The molecular weight excluding hydrogens is 238 g/mol. The van der Waals surface area contributed by atoms with E-state index in [1.165, 1.54) is 0 Å². The van der Waals surface area contributed by atoms with Crippen LogP contribution in [0.15, 0.2) is 23.6 Å². The van der Waals surface area contributed by atoms with Crippen LogP contribution >= 0.6 is 11.3 Å². The Hall–Kier alpha value is -1.59. The van der Waals surface area contributed by atoms with E-state index in [4.69, 9.17) is 10.8 Å². The van der Waals surface area contributed by atoms with E-state index >= 15 is 0 Å². The van der Waals surface area contributed by atoms with Gasteiger partial charge in [0.15, 0.2) is 0 Å². The molecule has 2 aromatic rings. The Morgan fingerprint density at radius 2 is 2.18 bits per heavy atom. The lowest BCUT2D eigenvalue weighted by Gasteiger charge is -2.13. The maximum Gasteiger partial charge on any atom is 0.303 e. The van der Waals surface area contributed by atoms with Crippen molar-refractivity contribution in [1.82, 2.24) is 0 Å². The van der Waals surface area contributed by atoms with Gasteiger partial charge in [0.05, 0.1) is 0 Å². The summed E-state index contributed by atoms with van der Waals surface area (Å²) in [5.41, 5.74) is 6.49. The highest BCUT2D eigenvalue weighted by molar-refractivity contribution is 7.17. The molecule has 17 heavy (non-hydrogen) atoms. The fraction of sp³-hybridized carbons (Fsp3) is 0.250. The lowest BCUT2D eigenvalue weighted by Crippen LogP contribution is -2.12. The molecule has 0 bridgehead atoms. The average molecular weight is 251 g/mol. The number of carbonyl (C=O) groups is 1. The molecule has 1 unspecified atom stereocenters. The highest BCUT2D eigenvalue weighted by Gasteiger charge is 2.14. The van der Waals surface area contributed by atoms with Crippen LogP contribution in [0, 0.1) is 0 Å². The molecule has 0 aliphatic rings. The van der Waals surface area contributed by atoms with Crippen LogP contribution < -0.4 is 5.73 Å². The van der Waals surface area contributed by atoms with E-state index in [0.29, 0.717) is 12.0 Å². The summed E-state index contributed by atoms with van der Waals surface area (Å²) in [5.74, 6) is -0.710. The van der Waals surface area contributed by atoms with E-state index in [0.717, 1.165) is 10.1 Å². The predicted molar refractivity (Wildman–Crippen MR) is 67.3 cm³/mol. The predicted octanol–water partition coefficient (Wildman–Crippen LogP) is 2.47. The Labute approximate surface area is 102 Å². The first kappa shape index (κ1) is 11.9. The summed E-state index contributed by atoms with van der Waals surface area (Å²) in [4.78, 5) is 10.5. The molecular formula is C12H13NO3S. The van der Waals surface area contributed by atoms with Gasteiger partial charge in [0.2, 0.25) is 0 Å². The van der Waals surface area contributed by atoms with Gasteiger partial charge < -0.3 is 15.9 Å². The molecule has 0 saturated heterocycles. The number of carboxylic acid groups (broad SMARTS) is 1. The van der Waals surface area contributed by atoms with Crippen molar-refractivity contribution in [2.24, 2.45) is 5.73 Å². The van der Waals surface area contributed by atoms with Crippen molar-refractivity contribution in [3.8, 4) is 5.75 Å². The molecule has 90 valence electrons. The first-order chi connectivity index (χ1) is 8.09. The SMILES string of the molecule is NC(CCC(=O)O)c1ccc2sccc2c1O. The first-order valence-electron chi connectivity index (χ1n) is 5.26. The summed E-state index contributed by atoms with van der Waals surface area (Å²) in [6.07, 6.45) is 0.320. The summed E-state index contributed by atoms with van der Waals surface area (Å²) in [5, 5.41) is 21.3. The van der Waals surface area contributed by atoms with Gasteiger partial charge >= 0.3 is 5.97 Å². The van der Waals surface area contributed by atoms with Crippen LogP contribution in [0.4, 0.5) is 0 Å². The number of phenols is 1. The number of hydrogen-bond donors (Lipinski definition) is 3. The van der Waals surface area contributed by atoms with Crippen LogP contribution in [-0.2, 0) is 4.79 Å². The summed E-state index contributed by atoms with van der Waals surface area (Å²) in [7, 11) is 0. The first-order valence-corrected chi connectivity index (χ1v) is 6.14. The minimum atomic E-state index is -0.878. The third kappa shape index (κ3) is 2.40. The van der Waals surface area contributed by atoms with Crippen LogP contribution in [0.5, 0.6) is 5.75 Å². The van der Waals surface area contributed by atoms with Crippen LogP contribution in [0.2, 0.25) is 0 Å². The maximum absolute atomic E-state index is 10.5. The molecule has 4 N–H and O–H groups in total. The number of thiophene rings is 1. The van der Waals surface area contributed by atoms with Gasteiger partial charge in [-0.05, 0) is 23.9 Å². The van der Waals surface area contributed by atoms with Gasteiger partial charge in [-0.1, -0.05) is 6.07 Å². The molecule has 0 spiro atoms. The van der Waals surface area contributed by atoms with E-state index in [2.05, 4.69) is 0 Å². The molecule has 1 aromatic heterocycles. The zero-order valence-electron chi connectivity index (χ0n) is 9.09. The Morgan fingerprint density at radius 1 is 1.41 bits per heavy atom. The van der Waals surface area contributed by atoms with Crippen LogP contribution in [0.25, 0.3) is 10.1 Å². The van der Waals surface area contributed by atoms with Crippen molar-refractivity contribution >= 4 is 27.4 Å². The number of aliphatic carboxylic acids is 1. The van der Waals surface area contributed by atoms with E-state index in [-0.39, 0.29) is 12.2 Å². The molecule has 1 atom stereocenters. The Bertz CT molecular complexity index is 550. The third-order valence-corrected chi connectivity index (χ3v) is 3.59. The number of nitrogens with two attached hydrogens (primary N) is 1. The van der Waals surface area contributed by atoms with Gasteiger partial charge in [0.25, 0.3) is 0 Å². The Morgan fingerprint density at radius 3 is 2.88 bits per heavy atom. The summed E-state index contributed by atoms with van der Waals surface area (Å²) >= 11 is 1.55. The second-order valence-electron chi connectivity index (χ2n) is 3.87. The number of carboxylic acids is 1. The summed E-state index contributed by atoms with van der Waals surface area (Å²) < 4.78 is 0.997. The Balaban J connectivity index is 2.28. The van der Waals surface area contributed by atoms with E-state index < -0.39 is 12.0 Å². The van der Waals surface area contributed by atoms with Crippen molar-refractivity contribution in [2.45, 2.75) is 18.9 Å². The van der Waals surface area contributed by atoms with E-state index in [9.17, 15) is 9.90 Å². The number of hydrogen-bond acceptors (Lipinski definition) is 4. The number of benzene rings is 1. The smallest absolute Gasteiger partial charge is 0.303 e. The lowest BCUT2D eigenvalue weighted by atomic mass is 10.0. The third-order valence-electron chi connectivity index (χ3n) is 2.71. The topological polar surface area (TPSA) is 83.6 Å². The molecule has 2 rings (SSSR count). The van der Waals surface area contributed by atoms with Crippen molar-refractivity contribution < 1.29 is 15.0 Å². The fourth-order valence-electron chi connectivity index (χ4n) is 1.78. The standard InChI is InChI=1S/C12H13NO3S/c13-9(2-4-11(14)15)7-1-3-10-8(12(7)16)5-6-17-10/h1,3,5-6,9,16H,2,4,13H2,(H,14,15). The van der Waals surface area contributed by atoms with Crippen LogP contribution in [0.3, 0.4) is 0 Å². The van der Waals surface area contributed by atoms with Gasteiger partial charge in [-0.15, -0.1) is 11.3 Å². The minimum absolute atomic E-state index is 0.00226. The normalized spacial score (nSPS) is 12.8. The average Bonchev–Trinajstić information content (AvgIpc) is 2.75. The zero-order valence-corrected chi connectivity index (χ0v) is 9.91. The Kier molecular flexibility index (Phi) is 3.31. The fourth-order valence-corrected chi connectivity index (χ4v) is 2.57. The molecule has 1 aromatic carbocycles.